The van der Waals surface area contributed by atoms with Crippen LogP contribution in [-0.2, 0) is 9.47 Å². The summed E-state index contributed by atoms with van der Waals surface area (Å²) in [6.45, 7) is 0.709. The molecule has 0 bridgehead atoms. The van der Waals surface area contributed by atoms with Crippen LogP contribution >= 0.6 is 0 Å². The average molecular weight is 221 g/mol. The van der Waals surface area contributed by atoms with E-state index in [2.05, 4.69) is 5.16 Å². The van der Waals surface area contributed by atoms with Crippen LogP contribution in [0.3, 0.4) is 0 Å². The smallest absolute Gasteiger partial charge is 0.287 e. The fourth-order valence-corrected chi connectivity index (χ4v) is 1.82. The number of hydrogen-bond donors (Lipinski definition) is 1. The van der Waals surface area contributed by atoms with Crippen LogP contribution in [0, 0.1) is 0 Å². The molecule has 0 aliphatic carbocycles. The van der Waals surface area contributed by atoms with Crippen molar-refractivity contribution in [1.82, 2.24) is 5.16 Å². The first kappa shape index (κ1) is 9.47. The summed E-state index contributed by atoms with van der Waals surface area (Å²) in [5.74, 6) is 0.557. The molecule has 16 heavy (non-hydrogen) atoms. The minimum Gasteiger partial charge on any atom is -0.489 e. The molecule has 1 N–H and O–H groups in total. The highest BCUT2D eigenvalue weighted by molar-refractivity contribution is 5.26. The van der Waals surface area contributed by atoms with Crippen LogP contribution in [0.15, 0.2) is 33.8 Å². The Morgan fingerprint density at radius 3 is 2.88 bits per heavy atom. The summed E-state index contributed by atoms with van der Waals surface area (Å²) in [6, 6.07) is 0. The minimum absolute atomic E-state index is 0.114. The Kier molecular flexibility index (Phi) is 2.18. The third-order valence-electron chi connectivity index (χ3n) is 2.74. The standard InChI is InChI=1S/C11H11NO4/c13-11-9(7-3-1-2-5-14-7)10(16-12-11)8-4-6-15-8/h1-3,5,7-8H,4,6H2,(H,12,13). The average Bonchev–Trinajstić information content (AvgIpc) is 2.59. The SMILES string of the molecule is O=c1[nH]oc(C2CCO2)c1C1C=CC=CO1. The number of nitrogens with one attached hydrogen (secondary N) is 1. The summed E-state index contributed by atoms with van der Waals surface area (Å²) < 4.78 is 15.8. The summed E-state index contributed by atoms with van der Waals surface area (Å²) in [5, 5.41) is 2.34. The molecule has 0 amide bonds. The highest BCUT2D eigenvalue weighted by atomic mass is 16.5. The van der Waals surface area contributed by atoms with Crippen LogP contribution in [0.4, 0.5) is 0 Å². The van der Waals surface area contributed by atoms with Gasteiger partial charge in [0.2, 0.25) is 0 Å². The maximum absolute atomic E-state index is 11.6. The lowest BCUT2D eigenvalue weighted by atomic mass is 10.0. The Morgan fingerprint density at radius 2 is 2.25 bits per heavy atom. The van der Waals surface area contributed by atoms with Gasteiger partial charge in [0.15, 0.2) is 11.9 Å². The second kappa shape index (κ2) is 3.68. The molecule has 3 rings (SSSR count). The molecule has 5 heteroatoms. The van der Waals surface area contributed by atoms with Crippen molar-refractivity contribution in [3.63, 3.8) is 0 Å². The molecule has 2 unspecified atom stereocenters. The Balaban J connectivity index is 1.98. The van der Waals surface area contributed by atoms with Gasteiger partial charge in [-0.05, 0) is 12.2 Å². The van der Waals surface area contributed by atoms with E-state index in [1.165, 1.54) is 0 Å². The van der Waals surface area contributed by atoms with Gasteiger partial charge >= 0.3 is 0 Å². The fraction of sp³-hybridized carbons (Fsp3) is 0.364. The first-order chi connectivity index (χ1) is 7.86. The van der Waals surface area contributed by atoms with Gasteiger partial charge in [-0.15, -0.1) is 0 Å². The highest BCUT2D eigenvalue weighted by Gasteiger charge is 2.32. The number of H-pyrrole nitrogens is 1. The normalized spacial score (nSPS) is 27.5. The zero-order valence-corrected chi connectivity index (χ0v) is 8.51. The van der Waals surface area contributed by atoms with E-state index in [1.807, 2.05) is 12.2 Å². The molecular formula is C11H11NO4. The van der Waals surface area contributed by atoms with Crippen LogP contribution in [-0.4, -0.2) is 11.8 Å². The highest BCUT2D eigenvalue weighted by Crippen LogP contribution is 2.34. The molecule has 0 spiro atoms. The molecule has 3 heterocycles. The van der Waals surface area contributed by atoms with Crippen molar-refractivity contribution < 1.29 is 14.0 Å². The molecule has 84 valence electrons. The predicted molar refractivity (Wildman–Crippen MR) is 54.7 cm³/mol. The van der Waals surface area contributed by atoms with Crippen molar-refractivity contribution in [3.8, 4) is 0 Å². The number of aromatic amines is 1. The molecule has 0 saturated carbocycles. The van der Waals surface area contributed by atoms with Gasteiger partial charge in [-0.2, -0.15) is 5.16 Å². The number of ether oxygens (including phenoxy) is 2. The Hall–Kier alpha value is -1.75. The third kappa shape index (κ3) is 1.40. The number of rotatable bonds is 2. The first-order valence-electron chi connectivity index (χ1n) is 5.18. The quantitative estimate of drug-likeness (QED) is 0.823. The third-order valence-corrected chi connectivity index (χ3v) is 2.74. The van der Waals surface area contributed by atoms with Crippen molar-refractivity contribution in [1.29, 1.82) is 0 Å². The van der Waals surface area contributed by atoms with Crippen molar-refractivity contribution in [3.05, 3.63) is 46.2 Å². The summed E-state index contributed by atoms with van der Waals surface area (Å²) in [4.78, 5) is 11.6. The maximum Gasteiger partial charge on any atom is 0.287 e. The second-order valence-corrected chi connectivity index (χ2v) is 3.73. The Morgan fingerprint density at radius 1 is 1.38 bits per heavy atom. The van der Waals surface area contributed by atoms with E-state index in [9.17, 15) is 4.79 Å². The lowest BCUT2D eigenvalue weighted by Crippen LogP contribution is -2.22. The van der Waals surface area contributed by atoms with E-state index in [1.54, 1.807) is 12.3 Å². The molecule has 0 aromatic carbocycles. The lowest BCUT2D eigenvalue weighted by Gasteiger charge is -2.25. The summed E-state index contributed by atoms with van der Waals surface area (Å²) in [5.41, 5.74) is 0.251. The van der Waals surface area contributed by atoms with Crippen LogP contribution in [0.5, 0.6) is 0 Å². The van der Waals surface area contributed by atoms with E-state index in [4.69, 9.17) is 14.0 Å². The van der Waals surface area contributed by atoms with Crippen LogP contribution in [0.2, 0.25) is 0 Å². The molecule has 1 fully saturated rings. The minimum atomic E-state index is -0.383. The van der Waals surface area contributed by atoms with E-state index in [0.717, 1.165) is 6.42 Å². The maximum atomic E-state index is 11.6. The molecule has 1 saturated heterocycles. The number of hydrogen-bond acceptors (Lipinski definition) is 4. The van der Waals surface area contributed by atoms with E-state index >= 15 is 0 Å². The molecule has 0 radical (unpaired) electrons. The zero-order valence-electron chi connectivity index (χ0n) is 8.51. The largest absolute Gasteiger partial charge is 0.489 e. The summed E-state index contributed by atoms with van der Waals surface area (Å²) >= 11 is 0. The topological polar surface area (TPSA) is 64.5 Å². The van der Waals surface area contributed by atoms with Gasteiger partial charge in [-0.1, -0.05) is 6.08 Å². The molecular weight excluding hydrogens is 210 g/mol. The van der Waals surface area contributed by atoms with Gasteiger partial charge in [-0.25, -0.2) is 0 Å². The van der Waals surface area contributed by atoms with Gasteiger partial charge in [-0.3, -0.25) is 4.79 Å². The van der Waals surface area contributed by atoms with Crippen molar-refractivity contribution >= 4 is 0 Å². The fourth-order valence-electron chi connectivity index (χ4n) is 1.82. The van der Waals surface area contributed by atoms with Crippen molar-refractivity contribution in [2.45, 2.75) is 18.6 Å². The first-order valence-corrected chi connectivity index (χ1v) is 5.18. The predicted octanol–water partition coefficient (Wildman–Crippen LogP) is 1.57. The van der Waals surface area contributed by atoms with Crippen molar-refractivity contribution in [2.75, 3.05) is 6.61 Å². The van der Waals surface area contributed by atoms with Gasteiger partial charge in [0.05, 0.1) is 12.9 Å². The Bertz CT molecular complexity index is 492. The second-order valence-electron chi connectivity index (χ2n) is 3.73. The van der Waals surface area contributed by atoms with E-state index in [0.29, 0.717) is 17.9 Å². The van der Waals surface area contributed by atoms with E-state index in [-0.39, 0.29) is 17.8 Å². The monoisotopic (exact) mass is 221 g/mol. The zero-order chi connectivity index (χ0) is 11.0. The van der Waals surface area contributed by atoms with E-state index < -0.39 is 0 Å². The lowest BCUT2D eigenvalue weighted by molar-refractivity contribution is -0.0684. The molecule has 2 aliphatic rings. The molecule has 1 aromatic rings. The summed E-state index contributed by atoms with van der Waals surface area (Å²) in [6.07, 6.45) is 7.35. The molecule has 2 atom stereocenters. The van der Waals surface area contributed by atoms with Crippen molar-refractivity contribution in [2.24, 2.45) is 0 Å². The Labute approximate surface area is 91.3 Å². The van der Waals surface area contributed by atoms with Gasteiger partial charge < -0.3 is 14.0 Å². The van der Waals surface area contributed by atoms with Gasteiger partial charge in [0.25, 0.3) is 5.56 Å². The number of allylic oxidation sites excluding steroid dienone is 2. The van der Waals surface area contributed by atoms with Gasteiger partial charge in [0.1, 0.15) is 11.7 Å². The van der Waals surface area contributed by atoms with Gasteiger partial charge in [0, 0.05) is 6.42 Å². The molecule has 1 aromatic heterocycles. The van der Waals surface area contributed by atoms with Crippen LogP contribution < -0.4 is 5.56 Å². The van der Waals surface area contributed by atoms with Crippen LogP contribution in [0.1, 0.15) is 30.0 Å². The molecule has 2 aliphatic heterocycles. The number of aromatic nitrogens is 1. The summed E-state index contributed by atoms with van der Waals surface area (Å²) in [7, 11) is 0. The molecule has 5 nitrogen and oxygen atoms in total. The van der Waals surface area contributed by atoms with Crippen LogP contribution in [0.25, 0.3) is 0 Å².